The third-order valence-electron chi connectivity index (χ3n) is 3.09. The fourth-order valence-corrected chi connectivity index (χ4v) is 2.33. The highest BCUT2D eigenvalue weighted by molar-refractivity contribution is 6.31. The van der Waals surface area contributed by atoms with Crippen molar-refractivity contribution in [2.24, 2.45) is 0 Å². The first kappa shape index (κ1) is 14.6. The highest BCUT2D eigenvalue weighted by Crippen LogP contribution is 2.33. The largest absolute Gasteiger partial charge is 0.493 e. The Kier molecular flexibility index (Phi) is 4.82. The van der Waals surface area contributed by atoms with Crippen LogP contribution in [0.2, 0.25) is 5.02 Å². The summed E-state index contributed by atoms with van der Waals surface area (Å²) < 4.78 is 10.6. The first-order valence-electron chi connectivity index (χ1n) is 6.20. The third-order valence-corrected chi connectivity index (χ3v) is 3.41. The molecule has 0 aliphatic heterocycles. The van der Waals surface area contributed by atoms with Crippen LogP contribution in [0, 0.1) is 0 Å². The summed E-state index contributed by atoms with van der Waals surface area (Å²) in [6.07, 6.45) is 1.73. The summed E-state index contributed by atoms with van der Waals surface area (Å²) in [6, 6.07) is 9.29. The summed E-state index contributed by atoms with van der Waals surface area (Å²) in [5, 5.41) is 3.85. The molecule has 1 heterocycles. The van der Waals surface area contributed by atoms with Gasteiger partial charge >= 0.3 is 0 Å². The van der Waals surface area contributed by atoms with E-state index in [0.29, 0.717) is 16.5 Å². The number of nitrogens with zero attached hydrogens (tertiary/aromatic N) is 1. The molecule has 0 spiro atoms. The Morgan fingerprint density at radius 1 is 1.15 bits per heavy atom. The average Bonchev–Trinajstić information content (AvgIpc) is 2.49. The molecule has 0 bridgehead atoms. The Bertz CT molecular complexity index is 590. The molecule has 1 unspecified atom stereocenters. The van der Waals surface area contributed by atoms with Gasteiger partial charge in [-0.05, 0) is 36.9 Å². The van der Waals surface area contributed by atoms with E-state index in [1.54, 1.807) is 20.4 Å². The molecule has 4 nitrogen and oxygen atoms in total. The second kappa shape index (κ2) is 6.59. The van der Waals surface area contributed by atoms with Crippen LogP contribution in [0.1, 0.15) is 17.3 Å². The molecule has 0 aliphatic rings. The number of nitrogens with one attached hydrogen (secondary N) is 1. The lowest BCUT2D eigenvalue weighted by molar-refractivity contribution is 0.354. The van der Waals surface area contributed by atoms with E-state index in [-0.39, 0.29) is 6.04 Å². The van der Waals surface area contributed by atoms with Gasteiger partial charge in [0.2, 0.25) is 0 Å². The van der Waals surface area contributed by atoms with Crippen LogP contribution >= 0.6 is 11.6 Å². The summed E-state index contributed by atoms with van der Waals surface area (Å²) >= 11 is 6.22. The quantitative estimate of drug-likeness (QED) is 0.920. The summed E-state index contributed by atoms with van der Waals surface area (Å²) in [5.74, 6) is 1.37. The number of pyridine rings is 1. The minimum Gasteiger partial charge on any atom is -0.493 e. The molecule has 5 heteroatoms. The maximum Gasteiger partial charge on any atom is 0.161 e. The van der Waals surface area contributed by atoms with Crippen LogP contribution in [-0.2, 0) is 0 Å². The number of hydrogen-bond donors (Lipinski definition) is 1. The van der Waals surface area contributed by atoms with E-state index in [0.717, 1.165) is 11.3 Å². The predicted molar refractivity (Wildman–Crippen MR) is 79.7 cm³/mol. The minimum atomic E-state index is -0.108. The molecular formula is C15H17ClN2O2. The Hall–Kier alpha value is -1.78. The standard InChI is InChI=1S/C15H17ClN2O2/c1-17-14(15-11(16)5-4-8-18-15)10-6-7-12(19-2)13(9-10)20-3/h4-9,14,17H,1-3H3. The van der Waals surface area contributed by atoms with Crippen molar-refractivity contribution >= 4 is 11.6 Å². The molecule has 0 amide bonds. The van der Waals surface area contributed by atoms with Crippen molar-refractivity contribution in [3.8, 4) is 11.5 Å². The molecule has 106 valence electrons. The van der Waals surface area contributed by atoms with Crippen molar-refractivity contribution in [1.82, 2.24) is 10.3 Å². The number of methoxy groups -OCH3 is 2. The normalized spacial score (nSPS) is 12.0. The van der Waals surface area contributed by atoms with Gasteiger partial charge in [-0.15, -0.1) is 0 Å². The van der Waals surface area contributed by atoms with Crippen molar-refractivity contribution in [2.45, 2.75) is 6.04 Å². The van der Waals surface area contributed by atoms with E-state index < -0.39 is 0 Å². The third kappa shape index (κ3) is 2.86. The number of hydrogen-bond acceptors (Lipinski definition) is 4. The molecular weight excluding hydrogens is 276 g/mol. The summed E-state index contributed by atoms with van der Waals surface area (Å²) in [6.45, 7) is 0. The number of halogens is 1. The lowest BCUT2D eigenvalue weighted by Gasteiger charge is -2.19. The minimum absolute atomic E-state index is 0.108. The van der Waals surface area contributed by atoms with Gasteiger partial charge in [0.25, 0.3) is 0 Å². The zero-order chi connectivity index (χ0) is 14.5. The first-order chi connectivity index (χ1) is 9.71. The smallest absolute Gasteiger partial charge is 0.161 e. The highest BCUT2D eigenvalue weighted by Gasteiger charge is 2.18. The second-order valence-corrected chi connectivity index (χ2v) is 4.61. The summed E-state index contributed by atoms with van der Waals surface area (Å²) in [7, 11) is 5.10. The molecule has 2 rings (SSSR count). The van der Waals surface area contributed by atoms with E-state index in [4.69, 9.17) is 21.1 Å². The predicted octanol–water partition coefficient (Wildman–Crippen LogP) is 3.06. The molecule has 0 saturated carbocycles. The second-order valence-electron chi connectivity index (χ2n) is 4.21. The van der Waals surface area contributed by atoms with Gasteiger partial charge in [-0.3, -0.25) is 4.98 Å². The fraction of sp³-hybridized carbons (Fsp3) is 0.267. The van der Waals surface area contributed by atoms with Crippen molar-refractivity contribution in [3.63, 3.8) is 0 Å². The zero-order valence-corrected chi connectivity index (χ0v) is 12.4. The van der Waals surface area contributed by atoms with Gasteiger partial charge in [0.1, 0.15) is 0 Å². The van der Waals surface area contributed by atoms with Gasteiger partial charge in [-0.1, -0.05) is 17.7 Å². The van der Waals surface area contributed by atoms with Crippen molar-refractivity contribution in [1.29, 1.82) is 0 Å². The Morgan fingerprint density at radius 3 is 2.50 bits per heavy atom. The molecule has 0 radical (unpaired) electrons. The van der Waals surface area contributed by atoms with E-state index in [2.05, 4.69) is 10.3 Å². The van der Waals surface area contributed by atoms with Gasteiger partial charge in [0.05, 0.1) is 31.0 Å². The molecule has 1 aromatic heterocycles. The van der Waals surface area contributed by atoms with Crippen molar-refractivity contribution in [3.05, 3.63) is 52.8 Å². The number of aromatic nitrogens is 1. The van der Waals surface area contributed by atoms with Crippen LogP contribution < -0.4 is 14.8 Å². The topological polar surface area (TPSA) is 43.4 Å². The molecule has 20 heavy (non-hydrogen) atoms. The average molecular weight is 293 g/mol. The number of benzene rings is 1. The first-order valence-corrected chi connectivity index (χ1v) is 6.58. The lowest BCUT2D eigenvalue weighted by atomic mass is 10.0. The molecule has 1 atom stereocenters. The van der Waals surface area contributed by atoms with Crippen LogP contribution in [0.5, 0.6) is 11.5 Å². The molecule has 2 aromatic rings. The van der Waals surface area contributed by atoms with Crippen molar-refractivity contribution in [2.75, 3.05) is 21.3 Å². The lowest BCUT2D eigenvalue weighted by Crippen LogP contribution is -2.19. The molecule has 0 saturated heterocycles. The Morgan fingerprint density at radius 2 is 1.90 bits per heavy atom. The number of rotatable bonds is 5. The van der Waals surface area contributed by atoms with Crippen LogP contribution in [0.4, 0.5) is 0 Å². The summed E-state index contributed by atoms with van der Waals surface area (Å²) in [5.41, 5.74) is 1.79. The molecule has 0 fully saturated rings. The Balaban J connectivity index is 2.45. The van der Waals surface area contributed by atoms with E-state index in [1.165, 1.54) is 0 Å². The van der Waals surface area contributed by atoms with Crippen LogP contribution in [-0.4, -0.2) is 26.3 Å². The Labute approximate surface area is 123 Å². The van der Waals surface area contributed by atoms with Crippen molar-refractivity contribution < 1.29 is 9.47 Å². The highest BCUT2D eigenvalue weighted by atomic mass is 35.5. The van der Waals surface area contributed by atoms with Crippen LogP contribution in [0.25, 0.3) is 0 Å². The monoisotopic (exact) mass is 292 g/mol. The van der Waals surface area contributed by atoms with Gasteiger partial charge in [-0.25, -0.2) is 0 Å². The van der Waals surface area contributed by atoms with Gasteiger partial charge in [0, 0.05) is 6.20 Å². The molecule has 0 aliphatic carbocycles. The van der Waals surface area contributed by atoms with Gasteiger partial charge in [-0.2, -0.15) is 0 Å². The van der Waals surface area contributed by atoms with Crippen LogP contribution in [0.15, 0.2) is 36.5 Å². The summed E-state index contributed by atoms with van der Waals surface area (Å²) in [4.78, 5) is 4.36. The van der Waals surface area contributed by atoms with E-state index in [9.17, 15) is 0 Å². The zero-order valence-electron chi connectivity index (χ0n) is 11.7. The van der Waals surface area contributed by atoms with E-state index >= 15 is 0 Å². The van der Waals surface area contributed by atoms with Crippen LogP contribution in [0.3, 0.4) is 0 Å². The fourth-order valence-electron chi connectivity index (χ4n) is 2.10. The molecule has 1 N–H and O–H groups in total. The number of ether oxygens (including phenoxy) is 2. The van der Waals surface area contributed by atoms with E-state index in [1.807, 2.05) is 37.4 Å². The SMILES string of the molecule is CNC(c1ccc(OC)c(OC)c1)c1ncccc1Cl. The maximum atomic E-state index is 6.22. The molecule has 1 aromatic carbocycles. The maximum absolute atomic E-state index is 6.22. The van der Waals surface area contributed by atoms with Gasteiger partial charge < -0.3 is 14.8 Å². The van der Waals surface area contributed by atoms with Gasteiger partial charge in [0.15, 0.2) is 11.5 Å².